The summed E-state index contributed by atoms with van der Waals surface area (Å²) in [6, 6.07) is 12.4. The fourth-order valence-electron chi connectivity index (χ4n) is 3.78. The quantitative estimate of drug-likeness (QED) is 0.522. The summed E-state index contributed by atoms with van der Waals surface area (Å²) in [4.78, 5) is 14.9. The number of benzene rings is 2. The van der Waals surface area contributed by atoms with Gasteiger partial charge < -0.3 is 19.1 Å². The van der Waals surface area contributed by atoms with E-state index in [-0.39, 0.29) is 12.1 Å². The molecular formula is C24H30BrNO4. The maximum absolute atomic E-state index is 13.0. The highest BCUT2D eigenvalue weighted by Gasteiger charge is 2.34. The van der Waals surface area contributed by atoms with Gasteiger partial charge in [-0.1, -0.05) is 40.2 Å². The molecule has 1 aliphatic rings. The first kappa shape index (κ1) is 22.5. The zero-order valence-corrected chi connectivity index (χ0v) is 19.9. The SMILES string of the molecule is COc1cc2c(cc1OC)C(Cc1ccc(CBr)cc1)N(C(=O)OC(C)(C)C)CC2. The largest absolute Gasteiger partial charge is 0.493 e. The molecule has 30 heavy (non-hydrogen) atoms. The predicted molar refractivity (Wildman–Crippen MR) is 122 cm³/mol. The Morgan fingerprint density at radius 3 is 2.23 bits per heavy atom. The maximum Gasteiger partial charge on any atom is 0.410 e. The first-order valence-corrected chi connectivity index (χ1v) is 11.3. The van der Waals surface area contributed by atoms with E-state index in [9.17, 15) is 4.79 Å². The lowest BCUT2D eigenvalue weighted by atomic mass is 9.88. The van der Waals surface area contributed by atoms with E-state index in [1.54, 1.807) is 14.2 Å². The number of alkyl halides is 1. The Morgan fingerprint density at radius 2 is 1.67 bits per heavy atom. The summed E-state index contributed by atoms with van der Waals surface area (Å²) >= 11 is 3.49. The predicted octanol–water partition coefficient (Wildman–Crippen LogP) is 5.68. The van der Waals surface area contributed by atoms with Crippen LogP contribution < -0.4 is 9.47 Å². The van der Waals surface area contributed by atoms with Crippen molar-refractivity contribution in [2.75, 3.05) is 20.8 Å². The molecule has 162 valence electrons. The molecule has 1 aliphatic heterocycles. The van der Waals surface area contributed by atoms with E-state index in [1.165, 1.54) is 16.7 Å². The molecule has 0 saturated heterocycles. The molecule has 1 heterocycles. The first-order chi connectivity index (χ1) is 14.3. The van der Waals surface area contributed by atoms with Crippen molar-refractivity contribution in [2.45, 2.75) is 50.6 Å². The van der Waals surface area contributed by atoms with E-state index < -0.39 is 5.60 Å². The van der Waals surface area contributed by atoms with Gasteiger partial charge in [-0.3, -0.25) is 0 Å². The van der Waals surface area contributed by atoms with Gasteiger partial charge in [0.05, 0.1) is 20.3 Å². The average Bonchev–Trinajstić information content (AvgIpc) is 2.72. The Morgan fingerprint density at radius 1 is 1.07 bits per heavy atom. The van der Waals surface area contributed by atoms with Gasteiger partial charge in [-0.2, -0.15) is 0 Å². The summed E-state index contributed by atoms with van der Waals surface area (Å²) in [7, 11) is 3.27. The number of methoxy groups -OCH3 is 2. The van der Waals surface area contributed by atoms with Crippen LogP contribution in [0.15, 0.2) is 36.4 Å². The molecule has 1 unspecified atom stereocenters. The van der Waals surface area contributed by atoms with Crippen molar-refractivity contribution in [3.05, 3.63) is 58.7 Å². The van der Waals surface area contributed by atoms with Gasteiger partial charge in [0, 0.05) is 11.9 Å². The topological polar surface area (TPSA) is 48.0 Å². The Hall–Kier alpha value is -2.21. The minimum absolute atomic E-state index is 0.141. The number of carbonyl (C=O) groups excluding carboxylic acids is 1. The van der Waals surface area contributed by atoms with Crippen LogP contribution >= 0.6 is 15.9 Å². The van der Waals surface area contributed by atoms with Gasteiger partial charge in [0.1, 0.15) is 5.60 Å². The van der Waals surface area contributed by atoms with Crippen molar-refractivity contribution in [1.29, 1.82) is 0 Å². The number of amides is 1. The van der Waals surface area contributed by atoms with Gasteiger partial charge in [-0.15, -0.1) is 0 Å². The van der Waals surface area contributed by atoms with Crippen molar-refractivity contribution in [2.24, 2.45) is 0 Å². The molecule has 0 saturated carbocycles. The standard InChI is InChI=1S/C24H30BrNO4/c1-24(2,3)30-23(27)26-11-10-18-13-21(28-4)22(29-5)14-19(18)20(26)12-16-6-8-17(15-25)9-7-16/h6-9,13-14,20H,10-12,15H2,1-5H3. The van der Waals surface area contributed by atoms with Gasteiger partial charge in [-0.25, -0.2) is 4.79 Å². The number of hydrogen-bond acceptors (Lipinski definition) is 4. The minimum Gasteiger partial charge on any atom is -0.493 e. The maximum atomic E-state index is 13.0. The Balaban J connectivity index is 2.01. The normalized spacial score (nSPS) is 16.1. The van der Waals surface area contributed by atoms with Crippen LogP contribution in [-0.2, 0) is 22.9 Å². The van der Waals surface area contributed by atoms with Crippen molar-refractivity contribution >= 4 is 22.0 Å². The molecule has 0 N–H and O–H groups in total. The van der Waals surface area contributed by atoms with Crippen molar-refractivity contribution in [3.63, 3.8) is 0 Å². The highest BCUT2D eigenvalue weighted by atomic mass is 79.9. The van der Waals surface area contributed by atoms with E-state index in [0.717, 1.165) is 17.3 Å². The number of rotatable bonds is 5. The van der Waals surface area contributed by atoms with Crippen LogP contribution in [0.3, 0.4) is 0 Å². The summed E-state index contributed by atoms with van der Waals surface area (Å²) < 4.78 is 16.8. The second-order valence-electron chi connectivity index (χ2n) is 8.50. The second kappa shape index (κ2) is 9.29. The monoisotopic (exact) mass is 475 g/mol. The molecule has 1 atom stereocenters. The lowest BCUT2D eigenvalue weighted by Crippen LogP contribution is -2.43. The number of nitrogens with zero attached hydrogens (tertiary/aromatic N) is 1. The fraction of sp³-hybridized carbons (Fsp3) is 0.458. The summed E-state index contributed by atoms with van der Waals surface area (Å²) in [5.74, 6) is 1.38. The molecule has 0 fully saturated rings. The number of carbonyl (C=O) groups is 1. The third kappa shape index (κ3) is 5.09. The molecule has 2 aromatic rings. The molecule has 0 aromatic heterocycles. The van der Waals surface area contributed by atoms with E-state index in [2.05, 4.69) is 40.2 Å². The average molecular weight is 476 g/mol. The molecular weight excluding hydrogens is 446 g/mol. The number of halogens is 1. The lowest BCUT2D eigenvalue weighted by Gasteiger charge is -2.38. The fourth-order valence-corrected chi connectivity index (χ4v) is 4.15. The second-order valence-corrected chi connectivity index (χ2v) is 9.06. The molecule has 0 spiro atoms. The highest BCUT2D eigenvalue weighted by Crippen LogP contribution is 2.40. The van der Waals surface area contributed by atoms with Crippen molar-refractivity contribution in [3.8, 4) is 11.5 Å². The number of fused-ring (bicyclic) bond motifs is 1. The number of hydrogen-bond donors (Lipinski definition) is 0. The van der Waals surface area contributed by atoms with Gasteiger partial charge in [-0.05, 0) is 68.0 Å². The van der Waals surface area contributed by atoms with Crippen LogP contribution in [0.2, 0.25) is 0 Å². The zero-order chi connectivity index (χ0) is 21.9. The summed E-state index contributed by atoms with van der Waals surface area (Å²) in [5.41, 5.74) is 4.10. The molecule has 3 rings (SSSR count). The van der Waals surface area contributed by atoms with Crippen LogP contribution in [0, 0.1) is 0 Å². The van der Waals surface area contributed by atoms with Crippen molar-refractivity contribution in [1.82, 2.24) is 4.90 Å². The highest BCUT2D eigenvalue weighted by molar-refractivity contribution is 9.08. The van der Waals surface area contributed by atoms with E-state index in [0.29, 0.717) is 24.5 Å². The van der Waals surface area contributed by atoms with Gasteiger partial charge >= 0.3 is 6.09 Å². The van der Waals surface area contributed by atoms with Crippen LogP contribution in [0.4, 0.5) is 4.79 Å². The van der Waals surface area contributed by atoms with Crippen LogP contribution in [0.1, 0.15) is 49.1 Å². The van der Waals surface area contributed by atoms with E-state index >= 15 is 0 Å². The third-order valence-electron chi connectivity index (χ3n) is 5.24. The smallest absolute Gasteiger partial charge is 0.410 e. The summed E-state index contributed by atoms with van der Waals surface area (Å²) in [6.45, 7) is 6.28. The number of ether oxygens (including phenoxy) is 3. The zero-order valence-electron chi connectivity index (χ0n) is 18.3. The van der Waals surface area contributed by atoms with Crippen molar-refractivity contribution < 1.29 is 19.0 Å². The Kier molecular flexibility index (Phi) is 6.96. The molecule has 0 radical (unpaired) electrons. The van der Waals surface area contributed by atoms with E-state index in [4.69, 9.17) is 14.2 Å². The molecule has 1 amide bonds. The van der Waals surface area contributed by atoms with Crippen LogP contribution in [0.5, 0.6) is 11.5 Å². The molecule has 2 aromatic carbocycles. The van der Waals surface area contributed by atoms with Crippen LogP contribution in [-0.4, -0.2) is 37.4 Å². The Labute approximate surface area is 187 Å². The van der Waals surface area contributed by atoms with Crippen LogP contribution in [0.25, 0.3) is 0 Å². The third-order valence-corrected chi connectivity index (χ3v) is 5.88. The molecule has 0 bridgehead atoms. The van der Waals surface area contributed by atoms with Gasteiger partial charge in [0.2, 0.25) is 0 Å². The minimum atomic E-state index is -0.545. The lowest BCUT2D eigenvalue weighted by molar-refractivity contribution is 0.0141. The van der Waals surface area contributed by atoms with E-state index in [1.807, 2.05) is 37.8 Å². The first-order valence-electron chi connectivity index (χ1n) is 10.1. The van der Waals surface area contributed by atoms with Gasteiger partial charge in [0.15, 0.2) is 11.5 Å². The molecule has 6 heteroatoms. The molecule has 0 aliphatic carbocycles. The van der Waals surface area contributed by atoms with Gasteiger partial charge in [0.25, 0.3) is 0 Å². The Bertz CT molecular complexity index is 889. The summed E-state index contributed by atoms with van der Waals surface area (Å²) in [6.07, 6.45) is 1.16. The summed E-state index contributed by atoms with van der Waals surface area (Å²) in [5, 5.41) is 0.820. The molecule has 5 nitrogen and oxygen atoms in total.